The van der Waals surface area contributed by atoms with Crippen molar-refractivity contribution in [2.45, 2.75) is 0 Å². The fraction of sp³-hybridized carbons (Fsp3) is 0.0435. The van der Waals surface area contributed by atoms with Gasteiger partial charge in [-0.05, 0) is 48.5 Å². The molecule has 150 valence electrons. The van der Waals surface area contributed by atoms with Crippen LogP contribution in [0.3, 0.4) is 0 Å². The summed E-state index contributed by atoms with van der Waals surface area (Å²) in [4.78, 5) is 18.7. The van der Waals surface area contributed by atoms with Gasteiger partial charge in [0.15, 0.2) is 0 Å². The molecule has 4 rings (SSSR count). The van der Waals surface area contributed by atoms with Gasteiger partial charge in [-0.2, -0.15) is 0 Å². The lowest BCUT2D eigenvalue weighted by atomic mass is 10.1. The zero-order chi connectivity index (χ0) is 21.1. The minimum absolute atomic E-state index is 0.0753. The van der Waals surface area contributed by atoms with Crippen molar-refractivity contribution in [2.75, 3.05) is 16.8 Å². The van der Waals surface area contributed by atoms with Gasteiger partial charge in [-0.15, -0.1) is 0 Å². The Balaban J connectivity index is 1.58. The van der Waals surface area contributed by atoms with Crippen LogP contribution < -0.4 is 15.5 Å². The Morgan fingerprint density at radius 3 is 2.50 bits per heavy atom. The van der Waals surface area contributed by atoms with Crippen LogP contribution >= 0.6 is 0 Å². The number of fused-ring (bicyclic) bond motifs is 1. The summed E-state index contributed by atoms with van der Waals surface area (Å²) >= 11 is 0. The van der Waals surface area contributed by atoms with Crippen LogP contribution in [0, 0.1) is 11.6 Å². The zero-order valence-corrected chi connectivity index (χ0v) is 15.9. The molecule has 5 nitrogen and oxygen atoms in total. The van der Waals surface area contributed by atoms with Crippen LogP contribution in [-0.4, -0.2) is 18.4 Å². The zero-order valence-electron chi connectivity index (χ0n) is 15.9. The molecule has 0 bridgehead atoms. The summed E-state index contributed by atoms with van der Waals surface area (Å²) in [5.41, 5.74) is 3.23. The van der Waals surface area contributed by atoms with Gasteiger partial charge in [0, 0.05) is 22.6 Å². The average Bonchev–Trinajstić information content (AvgIpc) is 2.73. The standard InChI is InChI=1S/C23H18F2N4O/c1-15-20-7-2-3-8-21(20)28-22(29(15)19-11-9-16(24)10-12-19)14-26-23(30)27-18-6-4-5-17(25)13-18/h2-13H,1,14H2,(H2,26,27,30). The monoisotopic (exact) mass is 404 g/mol. The third-order valence-electron chi connectivity index (χ3n) is 4.57. The first-order chi connectivity index (χ1) is 14.5. The highest BCUT2D eigenvalue weighted by atomic mass is 19.1. The van der Waals surface area contributed by atoms with E-state index in [1.165, 1.54) is 30.3 Å². The van der Waals surface area contributed by atoms with Gasteiger partial charge in [0.2, 0.25) is 0 Å². The first kappa shape index (κ1) is 19.3. The minimum atomic E-state index is -0.508. The Morgan fingerprint density at radius 1 is 0.967 bits per heavy atom. The molecule has 30 heavy (non-hydrogen) atoms. The van der Waals surface area contributed by atoms with E-state index in [2.05, 4.69) is 22.2 Å². The van der Waals surface area contributed by atoms with Gasteiger partial charge in [0.25, 0.3) is 0 Å². The largest absolute Gasteiger partial charge is 0.331 e. The van der Waals surface area contributed by atoms with Crippen molar-refractivity contribution in [3.05, 3.63) is 96.6 Å². The molecule has 0 radical (unpaired) electrons. The number of halogens is 2. The number of hydrogen-bond donors (Lipinski definition) is 2. The Bertz CT molecular complexity index is 1140. The second-order valence-corrected chi connectivity index (χ2v) is 6.62. The van der Waals surface area contributed by atoms with Gasteiger partial charge in [0.1, 0.15) is 17.5 Å². The van der Waals surface area contributed by atoms with Crippen molar-refractivity contribution in [3.63, 3.8) is 0 Å². The Kier molecular flexibility index (Phi) is 5.26. The number of hydrogen-bond acceptors (Lipinski definition) is 3. The van der Waals surface area contributed by atoms with Crippen LogP contribution in [-0.2, 0) is 0 Å². The number of nitrogens with one attached hydrogen (secondary N) is 2. The smallest absolute Gasteiger partial charge is 0.319 e. The Labute approximate surface area is 172 Å². The molecule has 2 amide bonds. The van der Waals surface area contributed by atoms with Crippen LogP contribution in [0.25, 0.3) is 5.70 Å². The third-order valence-corrected chi connectivity index (χ3v) is 4.57. The van der Waals surface area contributed by atoms with Crippen molar-refractivity contribution >= 4 is 34.6 Å². The maximum absolute atomic E-state index is 13.4. The quantitative estimate of drug-likeness (QED) is 0.619. The molecule has 0 aromatic heterocycles. The summed E-state index contributed by atoms with van der Waals surface area (Å²) in [6.45, 7) is 4.25. The molecule has 0 spiro atoms. The summed E-state index contributed by atoms with van der Waals surface area (Å²) in [5, 5.41) is 5.30. The minimum Gasteiger partial charge on any atom is -0.331 e. The van der Waals surface area contributed by atoms with Gasteiger partial charge in [-0.3, -0.25) is 4.90 Å². The first-order valence-corrected chi connectivity index (χ1v) is 9.23. The maximum Gasteiger partial charge on any atom is 0.319 e. The Morgan fingerprint density at radius 2 is 1.73 bits per heavy atom. The molecule has 3 aromatic rings. The number of anilines is 2. The molecule has 2 N–H and O–H groups in total. The second-order valence-electron chi connectivity index (χ2n) is 6.62. The summed E-state index contributed by atoms with van der Waals surface area (Å²) in [6.07, 6.45) is 0. The molecule has 0 unspecified atom stereocenters. The molecular weight excluding hydrogens is 386 g/mol. The molecule has 0 aliphatic carbocycles. The van der Waals surface area contributed by atoms with Crippen LogP contribution in [0.5, 0.6) is 0 Å². The molecule has 1 aliphatic heterocycles. The van der Waals surface area contributed by atoms with E-state index in [4.69, 9.17) is 0 Å². The molecule has 0 fully saturated rings. The number of benzene rings is 3. The van der Waals surface area contributed by atoms with Crippen LogP contribution in [0.15, 0.2) is 84.4 Å². The SMILES string of the molecule is C=C1c2ccccc2N=C(CNC(=O)Nc2cccc(F)c2)N1c1ccc(F)cc1. The van der Waals surface area contributed by atoms with Crippen molar-refractivity contribution < 1.29 is 13.6 Å². The molecule has 7 heteroatoms. The normalized spacial score (nSPS) is 12.8. The second kappa shape index (κ2) is 8.16. The molecular formula is C23H18F2N4O. The van der Waals surface area contributed by atoms with Crippen molar-refractivity contribution in [3.8, 4) is 0 Å². The molecule has 0 saturated heterocycles. The Hall–Kier alpha value is -4.00. The highest BCUT2D eigenvalue weighted by molar-refractivity contribution is 6.14. The summed E-state index contributed by atoms with van der Waals surface area (Å²) < 4.78 is 26.7. The summed E-state index contributed by atoms with van der Waals surface area (Å²) in [5.74, 6) is -0.285. The molecule has 1 aliphatic rings. The lowest BCUT2D eigenvalue weighted by molar-refractivity contribution is 0.253. The lowest BCUT2D eigenvalue weighted by Gasteiger charge is -2.32. The van der Waals surface area contributed by atoms with E-state index in [-0.39, 0.29) is 12.4 Å². The predicted octanol–water partition coefficient (Wildman–Crippen LogP) is 5.31. The number of carbonyl (C=O) groups is 1. The number of carbonyl (C=O) groups excluding carboxylic acids is 1. The number of amidine groups is 1. The number of nitrogens with zero attached hydrogens (tertiary/aromatic N) is 2. The van der Waals surface area contributed by atoms with Crippen LogP contribution in [0.2, 0.25) is 0 Å². The van der Waals surface area contributed by atoms with E-state index in [1.54, 1.807) is 23.1 Å². The lowest BCUT2D eigenvalue weighted by Crippen LogP contribution is -2.42. The van der Waals surface area contributed by atoms with E-state index in [1.807, 2.05) is 24.3 Å². The highest BCUT2D eigenvalue weighted by Gasteiger charge is 2.25. The molecule has 1 heterocycles. The highest BCUT2D eigenvalue weighted by Crippen LogP contribution is 2.36. The number of rotatable bonds is 4. The van der Waals surface area contributed by atoms with E-state index in [9.17, 15) is 13.6 Å². The summed E-state index contributed by atoms with van der Waals surface area (Å²) in [6, 6.07) is 18.6. The fourth-order valence-corrected chi connectivity index (χ4v) is 3.19. The predicted molar refractivity (Wildman–Crippen MR) is 115 cm³/mol. The van der Waals surface area contributed by atoms with E-state index in [0.717, 1.165) is 11.3 Å². The molecule has 0 atom stereocenters. The molecule has 3 aromatic carbocycles. The van der Waals surface area contributed by atoms with Crippen molar-refractivity contribution in [1.29, 1.82) is 0 Å². The number of aliphatic imine (C=N–C) groups is 1. The molecule has 0 saturated carbocycles. The van der Waals surface area contributed by atoms with Gasteiger partial charge in [-0.1, -0.05) is 30.8 Å². The van der Waals surface area contributed by atoms with E-state index < -0.39 is 11.8 Å². The van der Waals surface area contributed by atoms with Crippen LogP contribution in [0.4, 0.5) is 30.6 Å². The van der Waals surface area contributed by atoms with Gasteiger partial charge >= 0.3 is 6.03 Å². The third kappa shape index (κ3) is 4.05. The number of amides is 2. The first-order valence-electron chi connectivity index (χ1n) is 9.23. The fourth-order valence-electron chi connectivity index (χ4n) is 3.19. The number of para-hydroxylation sites is 1. The maximum atomic E-state index is 13.4. The van der Waals surface area contributed by atoms with Crippen molar-refractivity contribution in [2.24, 2.45) is 4.99 Å². The van der Waals surface area contributed by atoms with Gasteiger partial charge in [0.05, 0.1) is 12.2 Å². The topological polar surface area (TPSA) is 56.7 Å². The van der Waals surface area contributed by atoms with E-state index >= 15 is 0 Å². The van der Waals surface area contributed by atoms with Gasteiger partial charge in [-0.25, -0.2) is 18.6 Å². The van der Waals surface area contributed by atoms with E-state index in [0.29, 0.717) is 22.9 Å². The average molecular weight is 404 g/mol. The van der Waals surface area contributed by atoms with Crippen molar-refractivity contribution in [1.82, 2.24) is 5.32 Å². The summed E-state index contributed by atoms with van der Waals surface area (Å²) in [7, 11) is 0. The van der Waals surface area contributed by atoms with Gasteiger partial charge < -0.3 is 10.6 Å². The van der Waals surface area contributed by atoms with Crippen LogP contribution in [0.1, 0.15) is 5.56 Å². The number of urea groups is 1.